The van der Waals surface area contributed by atoms with E-state index in [-0.39, 0.29) is 11.5 Å². The van der Waals surface area contributed by atoms with E-state index in [1.807, 2.05) is 6.07 Å². The van der Waals surface area contributed by atoms with Gasteiger partial charge in [-0.05, 0) is 23.8 Å². The van der Waals surface area contributed by atoms with Crippen LogP contribution in [-0.2, 0) is 14.8 Å². The van der Waals surface area contributed by atoms with Crippen LogP contribution in [0.1, 0.15) is 0 Å². The van der Waals surface area contributed by atoms with Crippen LogP contribution in [0.25, 0.3) is 11.1 Å². The first kappa shape index (κ1) is 15.0. The van der Waals surface area contributed by atoms with Crippen molar-refractivity contribution in [2.75, 3.05) is 6.61 Å². The molecule has 0 unspecified atom stereocenters. The van der Waals surface area contributed by atoms with Crippen molar-refractivity contribution in [3.63, 3.8) is 0 Å². The number of amides is 1. The average Bonchev–Trinajstić information content (AvgIpc) is 2.45. The molecule has 7 heteroatoms. The molecular weight excluding hydrogens is 292 g/mol. The standard InChI is InChI=1S/C14H14N2O4S/c15-14(17)9-20-13-7-6-11(21(16,18)19)8-12(13)10-4-2-1-3-5-10/h1-8H,9H2,(H2,15,17)(H2,16,18,19). The molecule has 0 heterocycles. The molecule has 0 saturated heterocycles. The molecule has 0 aliphatic heterocycles. The topological polar surface area (TPSA) is 112 Å². The third-order valence-electron chi connectivity index (χ3n) is 2.73. The van der Waals surface area contributed by atoms with Crippen molar-refractivity contribution in [1.29, 1.82) is 0 Å². The van der Waals surface area contributed by atoms with E-state index in [1.165, 1.54) is 18.2 Å². The van der Waals surface area contributed by atoms with Crippen LogP contribution < -0.4 is 15.6 Å². The Balaban J connectivity index is 2.53. The van der Waals surface area contributed by atoms with Gasteiger partial charge in [0, 0.05) is 5.56 Å². The fourth-order valence-electron chi connectivity index (χ4n) is 1.80. The Morgan fingerprint density at radius 2 is 1.76 bits per heavy atom. The molecule has 2 rings (SSSR count). The summed E-state index contributed by atoms with van der Waals surface area (Å²) in [7, 11) is -3.83. The second-order valence-electron chi connectivity index (χ2n) is 4.32. The van der Waals surface area contributed by atoms with Crippen molar-refractivity contribution in [1.82, 2.24) is 0 Å². The predicted molar refractivity (Wildman–Crippen MR) is 77.9 cm³/mol. The second-order valence-corrected chi connectivity index (χ2v) is 5.89. The maximum atomic E-state index is 11.5. The number of primary sulfonamides is 1. The second kappa shape index (κ2) is 5.94. The number of hydrogen-bond donors (Lipinski definition) is 2. The predicted octanol–water partition coefficient (Wildman–Crippen LogP) is 0.865. The van der Waals surface area contributed by atoms with Gasteiger partial charge in [-0.3, -0.25) is 4.79 Å². The number of ether oxygens (including phenoxy) is 1. The Labute approximate surface area is 122 Å². The van der Waals surface area contributed by atoms with E-state index in [2.05, 4.69) is 0 Å². The van der Waals surface area contributed by atoms with Crippen LogP contribution in [0, 0.1) is 0 Å². The van der Waals surface area contributed by atoms with Gasteiger partial charge in [-0.1, -0.05) is 30.3 Å². The van der Waals surface area contributed by atoms with Gasteiger partial charge >= 0.3 is 0 Å². The monoisotopic (exact) mass is 306 g/mol. The van der Waals surface area contributed by atoms with Gasteiger partial charge in [-0.15, -0.1) is 0 Å². The van der Waals surface area contributed by atoms with Gasteiger partial charge in [0.2, 0.25) is 10.0 Å². The van der Waals surface area contributed by atoms with Crippen molar-refractivity contribution in [2.24, 2.45) is 10.9 Å². The van der Waals surface area contributed by atoms with E-state index < -0.39 is 15.9 Å². The van der Waals surface area contributed by atoms with E-state index in [0.717, 1.165) is 5.56 Å². The number of primary amides is 1. The average molecular weight is 306 g/mol. The summed E-state index contributed by atoms with van der Waals surface area (Å²) in [5.41, 5.74) is 6.30. The molecule has 0 atom stereocenters. The lowest BCUT2D eigenvalue weighted by atomic mass is 10.0. The SMILES string of the molecule is NC(=O)COc1ccc(S(N)(=O)=O)cc1-c1ccccc1. The maximum absolute atomic E-state index is 11.5. The molecule has 6 nitrogen and oxygen atoms in total. The summed E-state index contributed by atoms with van der Waals surface area (Å²) in [6, 6.07) is 13.2. The molecule has 110 valence electrons. The lowest BCUT2D eigenvalue weighted by molar-refractivity contribution is -0.119. The minimum atomic E-state index is -3.83. The number of sulfonamides is 1. The number of carbonyl (C=O) groups excluding carboxylic acids is 1. The molecule has 0 fully saturated rings. The van der Waals surface area contributed by atoms with Crippen molar-refractivity contribution in [3.8, 4) is 16.9 Å². The van der Waals surface area contributed by atoms with Gasteiger partial charge < -0.3 is 10.5 Å². The third-order valence-corrected chi connectivity index (χ3v) is 3.65. The molecule has 0 bridgehead atoms. The van der Waals surface area contributed by atoms with Gasteiger partial charge in [-0.2, -0.15) is 0 Å². The summed E-state index contributed by atoms with van der Waals surface area (Å²) >= 11 is 0. The van der Waals surface area contributed by atoms with E-state index in [4.69, 9.17) is 15.6 Å². The quantitative estimate of drug-likeness (QED) is 0.853. The summed E-state index contributed by atoms with van der Waals surface area (Å²) in [5, 5.41) is 5.13. The highest BCUT2D eigenvalue weighted by atomic mass is 32.2. The van der Waals surface area contributed by atoms with Gasteiger partial charge in [0.05, 0.1) is 4.90 Å². The molecular formula is C14H14N2O4S. The van der Waals surface area contributed by atoms with Crippen LogP contribution in [0.4, 0.5) is 0 Å². The summed E-state index contributed by atoms with van der Waals surface area (Å²) < 4.78 is 28.2. The summed E-state index contributed by atoms with van der Waals surface area (Å²) in [6.45, 7) is -0.297. The van der Waals surface area contributed by atoms with E-state index in [0.29, 0.717) is 11.3 Å². The number of nitrogens with two attached hydrogens (primary N) is 2. The van der Waals surface area contributed by atoms with Crippen LogP contribution in [0.3, 0.4) is 0 Å². The zero-order valence-corrected chi connectivity index (χ0v) is 11.8. The van der Waals surface area contributed by atoms with Gasteiger partial charge in [0.1, 0.15) is 5.75 Å². The fourth-order valence-corrected chi connectivity index (χ4v) is 2.34. The Morgan fingerprint density at radius 3 is 2.33 bits per heavy atom. The molecule has 0 aromatic heterocycles. The van der Waals surface area contributed by atoms with Gasteiger partial charge in [0.25, 0.3) is 5.91 Å². The Hall–Kier alpha value is -2.38. The summed E-state index contributed by atoms with van der Waals surface area (Å²) in [5.74, 6) is -0.267. The zero-order valence-electron chi connectivity index (χ0n) is 11.0. The zero-order chi connectivity index (χ0) is 15.5. The van der Waals surface area contributed by atoms with Crippen LogP contribution in [0.5, 0.6) is 5.75 Å². The lowest BCUT2D eigenvalue weighted by Gasteiger charge is -2.12. The first-order chi connectivity index (χ1) is 9.88. The smallest absolute Gasteiger partial charge is 0.255 e. The molecule has 0 spiro atoms. The van der Waals surface area contributed by atoms with Crippen molar-refractivity contribution < 1.29 is 17.9 Å². The lowest BCUT2D eigenvalue weighted by Crippen LogP contribution is -2.20. The first-order valence-electron chi connectivity index (χ1n) is 6.01. The number of rotatable bonds is 5. The van der Waals surface area contributed by atoms with Crippen molar-refractivity contribution in [3.05, 3.63) is 48.5 Å². The Morgan fingerprint density at radius 1 is 1.10 bits per heavy atom. The number of carbonyl (C=O) groups is 1. The maximum Gasteiger partial charge on any atom is 0.255 e. The molecule has 2 aromatic carbocycles. The largest absolute Gasteiger partial charge is 0.483 e. The van der Waals surface area contributed by atoms with Gasteiger partial charge in [0.15, 0.2) is 6.61 Å². The molecule has 0 saturated carbocycles. The molecule has 0 radical (unpaired) electrons. The summed E-state index contributed by atoms with van der Waals surface area (Å²) in [4.78, 5) is 10.8. The highest BCUT2D eigenvalue weighted by Gasteiger charge is 2.14. The van der Waals surface area contributed by atoms with Crippen LogP contribution >= 0.6 is 0 Å². The highest BCUT2D eigenvalue weighted by molar-refractivity contribution is 7.89. The molecule has 4 N–H and O–H groups in total. The fraction of sp³-hybridized carbons (Fsp3) is 0.0714. The molecule has 0 aliphatic rings. The van der Waals surface area contributed by atoms with E-state index in [9.17, 15) is 13.2 Å². The Kier molecular flexibility index (Phi) is 4.25. The van der Waals surface area contributed by atoms with E-state index in [1.54, 1.807) is 24.3 Å². The molecule has 21 heavy (non-hydrogen) atoms. The van der Waals surface area contributed by atoms with Gasteiger partial charge in [-0.25, -0.2) is 13.6 Å². The molecule has 1 amide bonds. The Bertz CT molecular complexity index is 758. The van der Waals surface area contributed by atoms with Crippen LogP contribution in [0.2, 0.25) is 0 Å². The van der Waals surface area contributed by atoms with Crippen LogP contribution in [0.15, 0.2) is 53.4 Å². The van der Waals surface area contributed by atoms with Crippen molar-refractivity contribution >= 4 is 15.9 Å². The third kappa shape index (κ3) is 3.80. The van der Waals surface area contributed by atoms with Crippen LogP contribution in [-0.4, -0.2) is 20.9 Å². The van der Waals surface area contributed by atoms with Crippen molar-refractivity contribution in [2.45, 2.75) is 4.90 Å². The summed E-state index contributed by atoms with van der Waals surface area (Å²) in [6.07, 6.45) is 0. The highest BCUT2D eigenvalue weighted by Crippen LogP contribution is 2.32. The minimum absolute atomic E-state index is 0.0345. The first-order valence-corrected chi connectivity index (χ1v) is 7.56. The number of benzene rings is 2. The molecule has 2 aromatic rings. The minimum Gasteiger partial charge on any atom is -0.483 e. The number of hydrogen-bond acceptors (Lipinski definition) is 4. The normalized spacial score (nSPS) is 11.1. The van der Waals surface area contributed by atoms with E-state index >= 15 is 0 Å². The molecule has 0 aliphatic carbocycles.